The quantitative estimate of drug-likeness (QED) is 0.886. The van der Waals surface area contributed by atoms with Gasteiger partial charge in [-0.15, -0.1) is 0 Å². The normalized spacial score (nSPS) is 16.4. The number of likely N-dealkylation sites (N-methyl/N-ethyl adjacent to an activating group) is 1. The minimum absolute atomic E-state index is 0.147. The number of nitrogens with zero attached hydrogens (tertiary/aromatic N) is 1. The van der Waals surface area contributed by atoms with Crippen molar-refractivity contribution in [2.24, 2.45) is 0 Å². The van der Waals surface area contributed by atoms with Gasteiger partial charge in [0.1, 0.15) is 0 Å². The van der Waals surface area contributed by atoms with Crippen LogP contribution in [0.2, 0.25) is 0 Å². The van der Waals surface area contributed by atoms with Crippen LogP contribution in [0.25, 0.3) is 0 Å². The van der Waals surface area contributed by atoms with E-state index in [4.69, 9.17) is 0 Å². The Labute approximate surface area is 145 Å². The molecule has 0 heterocycles. The van der Waals surface area contributed by atoms with Gasteiger partial charge < -0.3 is 5.32 Å². The number of nitrogens with one attached hydrogen (secondary N) is 1. The highest BCUT2D eigenvalue weighted by molar-refractivity contribution is 7.89. The molecule has 1 amide bonds. The van der Waals surface area contributed by atoms with Crippen LogP contribution >= 0.6 is 0 Å². The molecule has 6 heteroatoms. The van der Waals surface area contributed by atoms with Crippen molar-refractivity contribution in [2.45, 2.75) is 63.8 Å². The molecule has 24 heavy (non-hydrogen) atoms. The number of rotatable bonds is 5. The fourth-order valence-corrected chi connectivity index (χ4v) is 5.07. The molecule has 0 aliphatic heterocycles. The second-order valence-electron chi connectivity index (χ2n) is 6.89. The molecule has 1 aliphatic carbocycles. The third-order valence-electron chi connectivity index (χ3n) is 4.61. The molecule has 0 radical (unpaired) electrons. The highest BCUT2D eigenvalue weighted by atomic mass is 32.2. The number of sulfonamides is 1. The van der Waals surface area contributed by atoms with E-state index in [1.807, 2.05) is 19.1 Å². The third kappa shape index (κ3) is 4.36. The number of carbonyl (C=O) groups is 1. The zero-order valence-corrected chi connectivity index (χ0v) is 15.9. The fourth-order valence-electron chi connectivity index (χ4n) is 3.54. The van der Waals surface area contributed by atoms with Gasteiger partial charge in [0.15, 0.2) is 0 Å². The second-order valence-corrected chi connectivity index (χ2v) is 8.87. The van der Waals surface area contributed by atoms with Crippen LogP contribution in [0.15, 0.2) is 17.0 Å². The molecule has 1 saturated carbocycles. The van der Waals surface area contributed by atoms with Crippen LogP contribution in [-0.4, -0.2) is 38.3 Å². The van der Waals surface area contributed by atoms with E-state index >= 15 is 0 Å². The molecule has 0 bridgehead atoms. The molecule has 1 N–H and O–H groups in total. The average Bonchev–Trinajstić information content (AvgIpc) is 2.46. The van der Waals surface area contributed by atoms with Gasteiger partial charge in [-0.3, -0.25) is 4.79 Å². The van der Waals surface area contributed by atoms with Crippen molar-refractivity contribution in [1.82, 2.24) is 9.62 Å². The summed E-state index contributed by atoms with van der Waals surface area (Å²) < 4.78 is 26.9. The van der Waals surface area contributed by atoms with Gasteiger partial charge in [0.25, 0.3) is 0 Å². The van der Waals surface area contributed by atoms with Gasteiger partial charge in [0.2, 0.25) is 15.9 Å². The molecule has 0 atom stereocenters. The highest BCUT2D eigenvalue weighted by Gasteiger charge is 2.27. The average molecular weight is 353 g/mol. The lowest BCUT2D eigenvalue weighted by atomic mass is 9.95. The van der Waals surface area contributed by atoms with Crippen molar-refractivity contribution in [3.63, 3.8) is 0 Å². The zero-order valence-electron chi connectivity index (χ0n) is 15.1. The number of benzene rings is 1. The molecule has 5 nitrogen and oxygen atoms in total. The minimum Gasteiger partial charge on any atom is -0.352 e. The van der Waals surface area contributed by atoms with E-state index in [0.717, 1.165) is 35.6 Å². The number of carbonyl (C=O) groups excluding carboxylic acids is 1. The van der Waals surface area contributed by atoms with Crippen LogP contribution in [-0.2, 0) is 14.8 Å². The van der Waals surface area contributed by atoms with Crippen LogP contribution in [0.3, 0.4) is 0 Å². The van der Waals surface area contributed by atoms with Gasteiger partial charge in [0, 0.05) is 13.1 Å². The van der Waals surface area contributed by atoms with Gasteiger partial charge in [-0.1, -0.05) is 37.0 Å². The molecule has 2 rings (SSSR count). The lowest BCUT2D eigenvalue weighted by Gasteiger charge is -2.25. The van der Waals surface area contributed by atoms with Crippen LogP contribution in [0.1, 0.15) is 48.8 Å². The Bertz CT molecular complexity index is 684. The third-order valence-corrected chi connectivity index (χ3v) is 6.72. The van der Waals surface area contributed by atoms with E-state index in [2.05, 4.69) is 5.32 Å². The lowest BCUT2D eigenvalue weighted by molar-refractivity contribution is -0.122. The zero-order chi connectivity index (χ0) is 17.9. The Morgan fingerprint density at radius 3 is 2.21 bits per heavy atom. The van der Waals surface area contributed by atoms with E-state index in [-0.39, 0.29) is 18.5 Å². The monoisotopic (exact) mass is 352 g/mol. The van der Waals surface area contributed by atoms with E-state index in [9.17, 15) is 13.2 Å². The van der Waals surface area contributed by atoms with Crippen LogP contribution in [0.4, 0.5) is 0 Å². The largest absolute Gasteiger partial charge is 0.352 e. The van der Waals surface area contributed by atoms with E-state index in [1.54, 1.807) is 13.8 Å². The summed E-state index contributed by atoms with van der Waals surface area (Å²) in [6.07, 6.45) is 5.44. The summed E-state index contributed by atoms with van der Waals surface area (Å²) in [5.41, 5.74) is 2.46. The first kappa shape index (κ1) is 18.9. The molecule has 0 aromatic heterocycles. The summed E-state index contributed by atoms with van der Waals surface area (Å²) in [5.74, 6) is -0.226. The summed E-state index contributed by atoms with van der Waals surface area (Å²) in [4.78, 5) is 12.5. The number of hydrogen-bond acceptors (Lipinski definition) is 3. The highest BCUT2D eigenvalue weighted by Crippen LogP contribution is 2.24. The number of hydrogen-bond donors (Lipinski definition) is 1. The van der Waals surface area contributed by atoms with E-state index in [0.29, 0.717) is 16.0 Å². The van der Waals surface area contributed by atoms with Crippen LogP contribution in [0, 0.1) is 20.8 Å². The summed E-state index contributed by atoms with van der Waals surface area (Å²) >= 11 is 0. The molecular formula is C18H28N2O3S. The van der Waals surface area contributed by atoms with Crippen molar-refractivity contribution in [1.29, 1.82) is 0 Å². The number of aryl methyl sites for hydroxylation is 3. The Morgan fingerprint density at radius 1 is 1.12 bits per heavy atom. The maximum Gasteiger partial charge on any atom is 0.243 e. The fraction of sp³-hybridized carbons (Fsp3) is 0.611. The lowest BCUT2D eigenvalue weighted by Crippen LogP contribution is -2.43. The molecular weight excluding hydrogens is 324 g/mol. The molecule has 0 saturated heterocycles. The Balaban J connectivity index is 2.10. The molecule has 134 valence electrons. The van der Waals surface area contributed by atoms with Crippen LogP contribution in [0.5, 0.6) is 0 Å². The van der Waals surface area contributed by atoms with E-state index in [1.165, 1.54) is 13.5 Å². The smallest absolute Gasteiger partial charge is 0.243 e. The van der Waals surface area contributed by atoms with Crippen molar-refractivity contribution < 1.29 is 13.2 Å². The van der Waals surface area contributed by atoms with Crippen LogP contribution < -0.4 is 5.32 Å². The number of amides is 1. The standard InChI is InChI=1S/C18H28N2O3S/c1-13-10-14(2)18(15(3)11-13)24(22,23)20(4)12-17(21)19-16-8-6-5-7-9-16/h10-11,16H,5-9,12H2,1-4H3,(H,19,21). The molecule has 1 aromatic rings. The Hall–Kier alpha value is -1.40. The summed E-state index contributed by atoms with van der Waals surface area (Å²) in [5, 5.41) is 2.97. The first-order chi connectivity index (χ1) is 11.2. The molecule has 0 spiro atoms. The van der Waals surface area contributed by atoms with Crippen molar-refractivity contribution >= 4 is 15.9 Å². The predicted octanol–water partition coefficient (Wildman–Crippen LogP) is 2.68. The first-order valence-corrected chi connectivity index (χ1v) is 9.99. The second kappa shape index (κ2) is 7.66. The van der Waals surface area contributed by atoms with Gasteiger partial charge in [-0.05, 0) is 44.7 Å². The summed E-state index contributed by atoms with van der Waals surface area (Å²) in [7, 11) is -2.21. The SMILES string of the molecule is Cc1cc(C)c(S(=O)(=O)N(C)CC(=O)NC2CCCCC2)c(C)c1. The molecule has 1 aromatic carbocycles. The van der Waals surface area contributed by atoms with E-state index < -0.39 is 10.0 Å². The van der Waals surface area contributed by atoms with Gasteiger partial charge in [0.05, 0.1) is 11.4 Å². The van der Waals surface area contributed by atoms with Crippen molar-refractivity contribution in [3.8, 4) is 0 Å². The van der Waals surface area contributed by atoms with Gasteiger partial charge >= 0.3 is 0 Å². The summed E-state index contributed by atoms with van der Waals surface area (Å²) in [6.45, 7) is 5.38. The minimum atomic E-state index is -3.68. The van der Waals surface area contributed by atoms with Crippen molar-refractivity contribution in [3.05, 3.63) is 28.8 Å². The van der Waals surface area contributed by atoms with Crippen molar-refractivity contribution in [2.75, 3.05) is 13.6 Å². The maximum absolute atomic E-state index is 12.9. The first-order valence-electron chi connectivity index (χ1n) is 8.55. The molecule has 1 fully saturated rings. The van der Waals surface area contributed by atoms with Gasteiger partial charge in [-0.2, -0.15) is 4.31 Å². The predicted molar refractivity (Wildman–Crippen MR) is 95.5 cm³/mol. The topological polar surface area (TPSA) is 66.5 Å². The van der Waals surface area contributed by atoms with Gasteiger partial charge in [-0.25, -0.2) is 8.42 Å². The Morgan fingerprint density at radius 2 is 1.67 bits per heavy atom. The maximum atomic E-state index is 12.9. The molecule has 1 aliphatic rings. The Kier molecular flexibility index (Phi) is 6.04. The molecule has 0 unspecified atom stereocenters. The summed E-state index contributed by atoms with van der Waals surface area (Å²) in [6, 6.07) is 3.90.